The molecule has 4 rings (SSSR count). The predicted octanol–water partition coefficient (Wildman–Crippen LogP) is 4.60. The molecule has 3 aromatic rings. The molecule has 0 aliphatic carbocycles. The van der Waals surface area contributed by atoms with Gasteiger partial charge in [-0.05, 0) is 30.9 Å². The second-order valence-corrected chi connectivity index (χ2v) is 7.06. The van der Waals surface area contributed by atoms with Crippen LogP contribution < -0.4 is 4.98 Å². The minimum atomic E-state index is -0.440. The molecular formula is C20H16BrFHfN2O2-2. The average molecular weight is 594 g/mol. The van der Waals surface area contributed by atoms with Crippen molar-refractivity contribution in [3.63, 3.8) is 0 Å². The van der Waals surface area contributed by atoms with Crippen molar-refractivity contribution < 1.29 is 39.8 Å². The van der Waals surface area contributed by atoms with E-state index in [2.05, 4.69) is 22.0 Å². The van der Waals surface area contributed by atoms with Gasteiger partial charge in [-0.2, -0.15) is 12.1 Å². The Hall–Kier alpha value is -1.47. The van der Waals surface area contributed by atoms with Crippen molar-refractivity contribution in [3.05, 3.63) is 69.6 Å². The number of hydrogen-bond acceptors (Lipinski definition) is 2. The Balaban J connectivity index is 0.00000210. The first-order valence-electron chi connectivity index (χ1n) is 8.43. The molecule has 0 spiro atoms. The molecule has 0 saturated heterocycles. The van der Waals surface area contributed by atoms with E-state index >= 15 is 0 Å². The zero-order valence-electron chi connectivity index (χ0n) is 14.6. The van der Waals surface area contributed by atoms with Crippen LogP contribution in [0.4, 0.5) is 9.18 Å². The van der Waals surface area contributed by atoms with Crippen LogP contribution in [0.5, 0.6) is 0 Å². The van der Waals surface area contributed by atoms with Crippen LogP contribution in [-0.2, 0) is 37.0 Å². The monoisotopic (exact) mass is 594 g/mol. The van der Waals surface area contributed by atoms with Gasteiger partial charge in [-0.15, -0.1) is 28.9 Å². The molecule has 2 heterocycles. The average Bonchev–Trinajstić information content (AvgIpc) is 3.00. The Morgan fingerprint density at radius 2 is 2.22 bits per heavy atom. The molecule has 0 bridgehead atoms. The van der Waals surface area contributed by atoms with Gasteiger partial charge < -0.3 is 14.6 Å². The first-order chi connectivity index (χ1) is 12.6. The number of carbonyl (C=O) groups excluding carboxylic acids is 1. The standard InChI is InChI=1S/C20H16BrFN2O2.Hf/c1-2-26-20(25)24-10-9-15-16-11-13(21)5-8-17(16)23-18(15)19(24)12-3-6-14(22)7-4-12;/h3,5-8,11,19H,2,9-10H2,1H3;/q-2;. The Kier molecular flexibility index (Phi) is 6.21. The van der Waals surface area contributed by atoms with Crippen molar-refractivity contribution >= 4 is 32.9 Å². The first kappa shape index (κ1) is 20.3. The van der Waals surface area contributed by atoms with Crippen molar-refractivity contribution in [2.75, 3.05) is 13.2 Å². The van der Waals surface area contributed by atoms with E-state index < -0.39 is 12.1 Å². The molecule has 7 heteroatoms. The number of ether oxygens (including phenoxy) is 1. The summed E-state index contributed by atoms with van der Waals surface area (Å²) in [7, 11) is 0. The SMILES string of the molecule is CCOC(=O)N1CCc2c([n-]c3ccc(Br)cc23)C1c1[c-]cc(F)cc1.[Hf]. The minimum Gasteiger partial charge on any atom is -0.659 e. The third-order valence-corrected chi connectivity index (χ3v) is 5.10. The van der Waals surface area contributed by atoms with E-state index in [0.29, 0.717) is 25.1 Å². The minimum absolute atomic E-state index is 0. The van der Waals surface area contributed by atoms with E-state index in [9.17, 15) is 9.18 Å². The molecule has 2 aromatic carbocycles. The summed E-state index contributed by atoms with van der Waals surface area (Å²) in [6.45, 7) is 2.58. The summed E-state index contributed by atoms with van der Waals surface area (Å²) in [6.07, 6.45) is 0.299. The maximum atomic E-state index is 13.4. The second-order valence-electron chi connectivity index (χ2n) is 6.14. The molecule has 27 heavy (non-hydrogen) atoms. The van der Waals surface area contributed by atoms with Gasteiger partial charge in [0.2, 0.25) is 0 Å². The van der Waals surface area contributed by atoms with Gasteiger partial charge in [0.25, 0.3) is 0 Å². The van der Waals surface area contributed by atoms with Crippen LogP contribution in [-0.4, -0.2) is 24.1 Å². The number of aromatic nitrogens is 1. The maximum Gasteiger partial charge on any atom is 0.410 e. The van der Waals surface area contributed by atoms with Crippen LogP contribution in [0, 0.1) is 11.9 Å². The molecule has 1 aromatic heterocycles. The maximum absolute atomic E-state index is 13.4. The molecule has 138 valence electrons. The van der Waals surface area contributed by atoms with Crippen LogP contribution >= 0.6 is 15.9 Å². The number of benzene rings is 2. The summed E-state index contributed by atoms with van der Waals surface area (Å²) < 4.78 is 19.6. The van der Waals surface area contributed by atoms with Gasteiger partial charge in [-0.25, -0.2) is 4.79 Å². The normalized spacial score (nSPS) is 16.0. The number of rotatable bonds is 2. The van der Waals surface area contributed by atoms with Gasteiger partial charge in [0, 0.05) is 48.7 Å². The fourth-order valence-electron chi connectivity index (χ4n) is 3.49. The van der Waals surface area contributed by atoms with E-state index in [1.807, 2.05) is 18.2 Å². The van der Waals surface area contributed by atoms with Gasteiger partial charge in [-0.1, -0.05) is 27.6 Å². The Morgan fingerprint density at radius 1 is 1.41 bits per heavy atom. The molecule has 0 fully saturated rings. The van der Waals surface area contributed by atoms with Crippen molar-refractivity contribution in [2.24, 2.45) is 0 Å². The number of hydrogen-bond donors (Lipinski definition) is 0. The largest absolute Gasteiger partial charge is 0.659 e. The van der Waals surface area contributed by atoms with E-state index in [1.165, 1.54) is 12.1 Å². The summed E-state index contributed by atoms with van der Waals surface area (Å²) in [5.74, 6) is -0.364. The van der Waals surface area contributed by atoms with Crippen LogP contribution in [0.2, 0.25) is 0 Å². The van der Waals surface area contributed by atoms with Gasteiger partial charge in [-0.3, -0.25) is 4.39 Å². The molecular weight excluding hydrogens is 578 g/mol. The molecule has 1 atom stereocenters. The topological polar surface area (TPSA) is 43.6 Å². The third-order valence-electron chi connectivity index (χ3n) is 4.60. The Morgan fingerprint density at radius 3 is 2.93 bits per heavy atom. The first-order valence-corrected chi connectivity index (χ1v) is 9.23. The van der Waals surface area contributed by atoms with Crippen molar-refractivity contribution in [3.8, 4) is 0 Å². The molecule has 1 aliphatic heterocycles. The number of halogens is 2. The van der Waals surface area contributed by atoms with E-state index in [-0.39, 0.29) is 31.7 Å². The van der Waals surface area contributed by atoms with Gasteiger partial charge in [0.15, 0.2) is 0 Å². The zero-order valence-corrected chi connectivity index (χ0v) is 19.8. The van der Waals surface area contributed by atoms with Gasteiger partial charge >= 0.3 is 6.09 Å². The summed E-state index contributed by atoms with van der Waals surface area (Å²) in [5, 5.41) is 1.07. The summed E-state index contributed by atoms with van der Waals surface area (Å²) in [4.78, 5) is 18.9. The number of nitrogens with zero attached hydrogens (tertiary/aromatic N) is 2. The molecule has 0 saturated carbocycles. The van der Waals surface area contributed by atoms with Crippen LogP contribution in [0.15, 0.2) is 40.9 Å². The molecule has 1 aliphatic rings. The Labute approximate surface area is 184 Å². The molecule has 1 amide bonds. The summed E-state index contributed by atoms with van der Waals surface area (Å²) in [5.41, 5.74) is 3.50. The zero-order chi connectivity index (χ0) is 18.3. The number of amides is 1. The number of carbonyl (C=O) groups is 1. The third kappa shape index (κ3) is 3.76. The molecule has 4 nitrogen and oxygen atoms in total. The van der Waals surface area contributed by atoms with Crippen LogP contribution in [0.1, 0.15) is 29.8 Å². The molecule has 0 radical (unpaired) electrons. The van der Waals surface area contributed by atoms with E-state index in [0.717, 1.165) is 26.6 Å². The summed E-state index contributed by atoms with van der Waals surface area (Å²) in [6, 6.07) is 12.8. The fraction of sp³-hybridized carbons (Fsp3) is 0.250. The van der Waals surface area contributed by atoms with Crippen LogP contribution in [0.25, 0.3) is 10.9 Å². The molecule has 0 N–H and O–H groups in total. The van der Waals surface area contributed by atoms with Gasteiger partial charge in [0.05, 0.1) is 6.61 Å². The van der Waals surface area contributed by atoms with Gasteiger partial charge in [0.1, 0.15) is 0 Å². The Bertz CT molecular complexity index is 974. The van der Waals surface area contributed by atoms with Crippen LogP contribution in [0.3, 0.4) is 0 Å². The fourth-order valence-corrected chi connectivity index (χ4v) is 3.85. The van der Waals surface area contributed by atoms with Crippen molar-refractivity contribution in [1.82, 2.24) is 9.88 Å². The molecule has 1 unspecified atom stereocenters. The summed E-state index contributed by atoms with van der Waals surface area (Å²) >= 11 is 3.51. The predicted molar refractivity (Wildman–Crippen MR) is 99.5 cm³/mol. The van der Waals surface area contributed by atoms with Crippen molar-refractivity contribution in [2.45, 2.75) is 19.4 Å². The smallest absolute Gasteiger partial charge is 0.410 e. The van der Waals surface area contributed by atoms with E-state index in [1.54, 1.807) is 17.9 Å². The second kappa shape index (κ2) is 8.27. The van der Waals surface area contributed by atoms with Crippen molar-refractivity contribution in [1.29, 1.82) is 0 Å². The quantitative estimate of drug-likeness (QED) is 0.322. The number of fused-ring (bicyclic) bond motifs is 3. The van der Waals surface area contributed by atoms with E-state index in [4.69, 9.17) is 9.72 Å².